The minimum atomic E-state index is -0.175. The molecule has 1 fully saturated rings. The molecular formula is C22H29N7O2. The first-order valence-corrected chi connectivity index (χ1v) is 10.4. The van der Waals surface area contributed by atoms with Gasteiger partial charge in [0.1, 0.15) is 11.7 Å². The van der Waals surface area contributed by atoms with Crippen molar-refractivity contribution in [3.05, 3.63) is 47.3 Å². The molecule has 9 nitrogen and oxygen atoms in total. The summed E-state index contributed by atoms with van der Waals surface area (Å²) in [6.07, 6.45) is 4.76. The lowest BCUT2D eigenvalue weighted by Gasteiger charge is -2.07. The Bertz CT molecular complexity index is 941. The molecule has 1 saturated heterocycles. The van der Waals surface area contributed by atoms with E-state index in [1.807, 2.05) is 37.3 Å². The molecule has 0 bridgehead atoms. The number of nitrogens with one attached hydrogen (secondary N) is 4. The highest BCUT2D eigenvalue weighted by Gasteiger charge is 2.15. The summed E-state index contributed by atoms with van der Waals surface area (Å²) in [5, 5.41) is 14.6. The molecule has 5 N–H and O–H groups in total. The van der Waals surface area contributed by atoms with Gasteiger partial charge >= 0.3 is 0 Å². The van der Waals surface area contributed by atoms with E-state index < -0.39 is 0 Å². The van der Waals surface area contributed by atoms with E-state index in [9.17, 15) is 4.79 Å². The average molecular weight is 424 g/mol. The largest absolute Gasteiger partial charge is 0.395 e. The lowest BCUT2D eigenvalue weighted by atomic mass is 10.1. The maximum absolute atomic E-state index is 12.2. The van der Waals surface area contributed by atoms with Gasteiger partial charge in [-0.15, -0.1) is 0 Å². The van der Waals surface area contributed by atoms with Gasteiger partial charge in [0.2, 0.25) is 5.91 Å². The minimum absolute atomic E-state index is 0.0371. The van der Waals surface area contributed by atoms with Gasteiger partial charge in [0, 0.05) is 38.0 Å². The van der Waals surface area contributed by atoms with Crippen molar-refractivity contribution in [2.45, 2.75) is 32.7 Å². The second-order valence-electron chi connectivity index (χ2n) is 7.42. The molecule has 2 aromatic rings. The van der Waals surface area contributed by atoms with Gasteiger partial charge in [0.25, 0.3) is 0 Å². The fourth-order valence-electron chi connectivity index (χ4n) is 2.92. The molecule has 9 heteroatoms. The second-order valence-corrected chi connectivity index (χ2v) is 7.42. The number of hydrazine groups is 1. The molecule has 1 atom stereocenters. The maximum atomic E-state index is 12.2. The Morgan fingerprint density at radius 2 is 2.06 bits per heavy atom. The molecule has 0 spiro atoms. The Balaban J connectivity index is 1.78. The lowest BCUT2D eigenvalue weighted by molar-refractivity contribution is -0.116. The Morgan fingerprint density at radius 1 is 1.26 bits per heavy atom. The minimum Gasteiger partial charge on any atom is -0.395 e. The number of anilines is 1. The molecule has 1 aromatic carbocycles. The summed E-state index contributed by atoms with van der Waals surface area (Å²) < 4.78 is 0. The van der Waals surface area contributed by atoms with Crippen molar-refractivity contribution >= 4 is 35.5 Å². The van der Waals surface area contributed by atoms with Crippen molar-refractivity contribution in [2.75, 3.05) is 25.0 Å². The first kappa shape index (κ1) is 22.5. The van der Waals surface area contributed by atoms with Crippen LogP contribution in [0.1, 0.15) is 36.7 Å². The number of aryl methyl sites for hydroxylation is 1. The SMILES string of the molecule is Cc1ccc(/C=C/c2nc(N=C3CC(C)NN3)cc(NC(=O)CCNCCO)n2)cc1. The van der Waals surface area contributed by atoms with E-state index in [-0.39, 0.29) is 25.0 Å². The van der Waals surface area contributed by atoms with Crippen LogP contribution in [0.2, 0.25) is 0 Å². The van der Waals surface area contributed by atoms with E-state index in [0.717, 1.165) is 17.8 Å². The molecule has 0 saturated carbocycles. The first-order chi connectivity index (χ1) is 15.0. The Kier molecular flexibility index (Phi) is 8.22. The second kappa shape index (κ2) is 11.3. The molecule has 0 aliphatic carbocycles. The van der Waals surface area contributed by atoms with Gasteiger partial charge in [-0.3, -0.25) is 4.79 Å². The number of aliphatic hydroxyl groups is 1. The van der Waals surface area contributed by atoms with Gasteiger partial charge in [-0.05, 0) is 25.5 Å². The summed E-state index contributed by atoms with van der Waals surface area (Å²) in [5.41, 5.74) is 8.37. The van der Waals surface area contributed by atoms with Crippen molar-refractivity contribution < 1.29 is 9.90 Å². The third-order valence-electron chi connectivity index (χ3n) is 4.53. The molecule has 2 heterocycles. The first-order valence-electron chi connectivity index (χ1n) is 10.4. The molecule has 1 aromatic heterocycles. The fraction of sp³-hybridized carbons (Fsp3) is 0.364. The highest BCUT2D eigenvalue weighted by molar-refractivity contribution is 5.91. The van der Waals surface area contributed by atoms with Crippen molar-refractivity contribution in [1.82, 2.24) is 26.1 Å². The zero-order chi connectivity index (χ0) is 22.1. The monoisotopic (exact) mass is 423 g/mol. The standard InChI is InChI=1S/C22H29N7O2/c1-15-3-5-17(6-4-15)7-8-18-24-19(26-21-13-16(2)28-29-21)14-20(25-18)27-22(31)9-10-23-11-12-30/h3-8,14,16,23,28,30H,9-13H2,1-2H3,(H2,24,25,26,27,29,31)/b8-7+. The van der Waals surface area contributed by atoms with Crippen molar-refractivity contribution in [2.24, 2.45) is 4.99 Å². The number of hydrogen-bond donors (Lipinski definition) is 5. The number of rotatable bonds is 9. The number of hydrogen-bond acceptors (Lipinski definition) is 7. The third kappa shape index (κ3) is 7.56. The number of aliphatic hydroxyl groups excluding tert-OH is 1. The predicted octanol–water partition coefficient (Wildman–Crippen LogP) is 1.78. The third-order valence-corrected chi connectivity index (χ3v) is 4.53. The molecule has 1 aliphatic heterocycles. The summed E-state index contributed by atoms with van der Waals surface area (Å²) in [6, 6.07) is 10.1. The fourth-order valence-corrected chi connectivity index (χ4v) is 2.92. The number of aromatic nitrogens is 2. The topological polar surface area (TPSA) is 124 Å². The van der Waals surface area contributed by atoms with Crippen molar-refractivity contribution in [3.63, 3.8) is 0 Å². The van der Waals surface area contributed by atoms with Gasteiger partial charge in [0.15, 0.2) is 11.6 Å². The smallest absolute Gasteiger partial charge is 0.226 e. The van der Waals surface area contributed by atoms with E-state index in [0.29, 0.717) is 30.5 Å². The number of aliphatic imine (C=N–C) groups is 1. The van der Waals surface area contributed by atoms with Crippen LogP contribution >= 0.6 is 0 Å². The predicted molar refractivity (Wildman–Crippen MR) is 123 cm³/mol. The number of amides is 1. The number of benzene rings is 1. The Hall–Kier alpha value is -3.14. The van der Waals surface area contributed by atoms with Crippen LogP contribution in [0.4, 0.5) is 11.6 Å². The van der Waals surface area contributed by atoms with Crippen LogP contribution in [0.3, 0.4) is 0 Å². The summed E-state index contributed by atoms with van der Waals surface area (Å²) in [6.45, 7) is 5.06. The van der Waals surface area contributed by atoms with E-state index >= 15 is 0 Å². The van der Waals surface area contributed by atoms with Crippen molar-refractivity contribution in [3.8, 4) is 0 Å². The van der Waals surface area contributed by atoms with Crippen LogP contribution < -0.4 is 21.5 Å². The van der Waals surface area contributed by atoms with E-state index in [2.05, 4.69) is 43.4 Å². The number of carbonyl (C=O) groups is 1. The highest BCUT2D eigenvalue weighted by Crippen LogP contribution is 2.18. The average Bonchev–Trinajstić information content (AvgIpc) is 3.15. The van der Waals surface area contributed by atoms with Crippen LogP contribution in [0.5, 0.6) is 0 Å². The number of carbonyl (C=O) groups excluding carboxylic acids is 1. The van der Waals surface area contributed by atoms with Gasteiger partial charge in [-0.2, -0.15) is 0 Å². The van der Waals surface area contributed by atoms with Crippen LogP contribution in [-0.2, 0) is 4.79 Å². The summed E-state index contributed by atoms with van der Waals surface area (Å²) >= 11 is 0. The zero-order valence-electron chi connectivity index (χ0n) is 17.9. The van der Waals surface area contributed by atoms with Crippen LogP contribution in [0.25, 0.3) is 12.2 Å². The normalized spacial score (nSPS) is 17.3. The highest BCUT2D eigenvalue weighted by atomic mass is 16.3. The van der Waals surface area contributed by atoms with Gasteiger partial charge < -0.3 is 21.2 Å². The molecule has 3 rings (SSSR count). The van der Waals surface area contributed by atoms with E-state index in [1.54, 1.807) is 12.1 Å². The van der Waals surface area contributed by atoms with Gasteiger partial charge in [0.05, 0.1) is 6.61 Å². The van der Waals surface area contributed by atoms with Crippen LogP contribution in [-0.4, -0.2) is 52.6 Å². The lowest BCUT2D eigenvalue weighted by Crippen LogP contribution is -2.29. The maximum Gasteiger partial charge on any atom is 0.226 e. The quantitative estimate of drug-likeness (QED) is 0.390. The molecule has 0 radical (unpaired) electrons. The number of nitrogens with zero attached hydrogens (tertiary/aromatic N) is 3. The Labute approximate surface area is 182 Å². The Morgan fingerprint density at radius 3 is 2.77 bits per heavy atom. The van der Waals surface area contributed by atoms with E-state index in [4.69, 9.17) is 5.11 Å². The van der Waals surface area contributed by atoms with Gasteiger partial charge in [-0.1, -0.05) is 35.9 Å². The molecule has 164 valence electrons. The molecular weight excluding hydrogens is 394 g/mol. The molecule has 1 aliphatic rings. The number of amidine groups is 1. The van der Waals surface area contributed by atoms with E-state index in [1.165, 1.54) is 5.56 Å². The summed E-state index contributed by atoms with van der Waals surface area (Å²) in [4.78, 5) is 25.8. The zero-order valence-corrected chi connectivity index (χ0v) is 17.9. The summed E-state index contributed by atoms with van der Waals surface area (Å²) in [7, 11) is 0. The summed E-state index contributed by atoms with van der Waals surface area (Å²) in [5.74, 6) is 1.92. The van der Waals surface area contributed by atoms with Gasteiger partial charge in [-0.25, -0.2) is 20.4 Å². The van der Waals surface area contributed by atoms with Crippen molar-refractivity contribution in [1.29, 1.82) is 0 Å². The van der Waals surface area contributed by atoms with Crippen LogP contribution in [0, 0.1) is 6.92 Å². The molecule has 1 amide bonds. The van der Waals surface area contributed by atoms with Crippen LogP contribution in [0.15, 0.2) is 35.3 Å². The molecule has 31 heavy (non-hydrogen) atoms. The molecule has 1 unspecified atom stereocenters.